The van der Waals surface area contributed by atoms with E-state index in [0.29, 0.717) is 19.1 Å². The van der Waals surface area contributed by atoms with Gasteiger partial charge in [0.25, 0.3) is 5.91 Å². The van der Waals surface area contributed by atoms with Gasteiger partial charge in [-0.3, -0.25) is 14.7 Å². The van der Waals surface area contributed by atoms with Crippen LogP contribution in [0.4, 0.5) is 4.39 Å². The Morgan fingerprint density at radius 2 is 2.27 bits per heavy atom. The largest absolute Gasteiger partial charge is 0.375 e. The fourth-order valence-corrected chi connectivity index (χ4v) is 3.44. The zero-order chi connectivity index (χ0) is 15.7. The molecular formula is C16H22FN3O2. The number of likely N-dealkylation sites (tertiary alicyclic amines) is 1. The van der Waals surface area contributed by atoms with Gasteiger partial charge in [0.15, 0.2) is 5.82 Å². The maximum Gasteiger partial charge on any atom is 0.257 e. The molecule has 2 aliphatic rings. The molecule has 22 heavy (non-hydrogen) atoms. The zero-order valence-corrected chi connectivity index (χ0v) is 13.0. The van der Waals surface area contributed by atoms with Crippen molar-refractivity contribution >= 4 is 5.91 Å². The number of ether oxygens (including phenoxy) is 1. The quantitative estimate of drug-likeness (QED) is 0.831. The van der Waals surface area contributed by atoms with Gasteiger partial charge in [0.05, 0.1) is 30.5 Å². The molecule has 6 heteroatoms. The minimum atomic E-state index is -0.560. The number of carbonyl (C=O) groups excluding carboxylic acids is 1. The first-order valence-corrected chi connectivity index (χ1v) is 7.84. The Labute approximate surface area is 130 Å². The fourth-order valence-electron chi connectivity index (χ4n) is 3.44. The Morgan fingerprint density at radius 3 is 3.00 bits per heavy atom. The average Bonchev–Trinajstić information content (AvgIpc) is 2.53. The number of pyridine rings is 1. The molecule has 0 aliphatic carbocycles. The number of morpholine rings is 1. The molecule has 0 unspecified atom stereocenters. The molecule has 2 aliphatic heterocycles. The van der Waals surface area contributed by atoms with E-state index in [9.17, 15) is 9.18 Å². The van der Waals surface area contributed by atoms with E-state index in [4.69, 9.17) is 4.74 Å². The van der Waals surface area contributed by atoms with Crippen molar-refractivity contribution in [3.63, 3.8) is 0 Å². The lowest BCUT2D eigenvalue weighted by molar-refractivity contribution is -0.107. The Morgan fingerprint density at radius 1 is 1.45 bits per heavy atom. The maximum atomic E-state index is 13.8. The number of nitrogens with zero attached hydrogens (tertiary/aromatic N) is 3. The molecule has 2 atom stereocenters. The third-order valence-electron chi connectivity index (χ3n) is 4.58. The molecule has 1 aromatic heterocycles. The van der Waals surface area contributed by atoms with Crippen LogP contribution in [0.2, 0.25) is 0 Å². The molecule has 0 bridgehead atoms. The maximum absolute atomic E-state index is 13.8. The highest BCUT2D eigenvalue weighted by Crippen LogP contribution is 2.25. The van der Waals surface area contributed by atoms with E-state index in [1.165, 1.54) is 12.3 Å². The van der Waals surface area contributed by atoms with Crippen molar-refractivity contribution in [1.29, 1.82) is 0 Å². The van der Waals surface area contributed by atoms with Gasteiger partial charge in [0.2, 0.25) is 0 Å². The van der Waals surface area contributed by atoms with Crippen LogP contribution in [-0.4, -0.2) is 65.1 Å². The number of aromatic nitrogens is 1. The van der Waals surface area contributed by atoms with Crippen LogP contribution in [0.5, 0.6) is 0 Å². The van der Waals surface area contributed by atoms with Gasteiger partial charge in [-0.15, -0.1) is 0 Å². The third kappa shape index (κ3) is 2.85. The molecule has 1 aromatic rings. The molecule has 3 rings (SSSR count). The van der Waals surface area contributed by atoms with Gasteiger partial charge in [0.1, 0.15) is 0 Å². The summed E-state index contributed by atoms with van der Waals surface area (Å²) in [5.74, 6) is -0.817. The van der Waals surface area contributed by atoms with Gasteiger partial charge in [-0.05, 0) is 26.3 Å². The summed E-state index contributed by atoms with van der Waals surface area (Å²) in [6, 6.07) is 2.04. The number of rotatable bonds is 2. The molecule has 0 N–H and O–H groups in total. The lowest BCUT2D eigenvalue weighted by atomic mass is 9.97. The SMILES string of the molecule is CC(C)N1CCO[C@@H]2CCN(C(=O)c3ccncc3F)C[C@H]21. The van der Waals surface area contributed by atoms with Crippen LogP contribution >= 0.6 is 0 Å². The van der Waals surface area contributed by atoms with E-state index in [1.54, 1.807) is 4.90 Å². The molecule has 1 amide bonds. The van der Waals surface area contributed by atoms with E-state index < -0.39 is 5.82 Å². The molecule has 2 fully saturated rings. The Hall–Kier alpha value is -1.53. The smallest absolute Gasteiger partial charge is 0.257 e. The normalized spacial score (nSPS) is 26.1. The molecule has 120 valence electrons. The number of hydrogen-bond acceptors (Lipinski definition) is 4. The topological polar surface area (TPSA) is 45.7 Å². The number of piperidine rings is 1. The summed E-state index contributed by atoms with van der Waals surface area (Å²) < 4.78 is 19.6. The van der Waals surface area contributed by atoms with Crippen molar-refractivity contribution in [1.82, 2.24) is 14.8 Å². The first-order valence-electron chi connectivity index (χ1n) is 7.84. The highest BCUT2D eigenvalue weighted by Gasteiger charge is 2.39. The summed E-state index contributed by atoms with van der Waals surface area (Å²) in [6.07, 6.45) is 3.51. The molecule has 0 aromatic carbocycles. The van der Waals surface area contributed by atoms with Gasteiger partial charge in [0, 0.05) is 31.9 Å². The van der Waals surface area contributed by atoms with Gasteiger partial charge < -0.3 is 9.64 Å². The Balaban J connectivity index is 1.77. The van der Waals surface area contributed by atoms with Crippen LogP contribution in [0.15, 0.2) is 18.5 Å². The Bertz CT molecular complexity index is 552. The zero-order valence-electron chi connectivity index (χ0n) is 13.0. The van der Waals surface area contributed by atoms with Crippen LogP contribution in [0.1, 0.15) is 30.6 Å². The fraction of sp³-hybridized carbons (Fsp3) is 0.625. The number of halogens is 1. The summed E-state index contributed by atoms with van der Waals surface area (Å²) in [5, 5.41) is 0. The molecule has 2 saturated heterocycles. The second-order valence-corrected chi connectivity index (χ2v) is 6.20. The first kappa shape index (κ1) is 15.4. The van der Waals surface area contributed by atoms with Gasteiger partial charge in [-0.2, -0.15) is 0 Å². The second kappa shape index (κ2) is 6.30. The monoisotopic (exact) mass is 307 g/mol. The number of carbonyl (C=O) groups is 1. The lowest BCUT2D eigenvalue weighted by Crippen LogP contribution is -2.62. The van der Waals surface area contributed by atoms with Crippen LogP contribution < -0.4 is 0 Å². The molecule has 0 saturated carbocycles. The number of fused-ring (bicyclic) bond motifs is 1. The highest BCUT2D eigenvalue weighted by atomic mass is 19.1. The summed E-state index contributed by atoms with van der Waals surface area (Å²) in [6.45, 7) is 7.13. The van der Waals surface area contributed by atoms with Crippen LogP contribution in [-0.2, 0) is 4.74 Å². The van der Waals surface area contributed by atoms with E-state index in [2.05, 4.69) is 23.7 Å². The number of amides is 1. The highest BCUT2D eigenvalue weighted by molar-refractivity contribution is 5.94. The summed E-state index contributed by atoms with van der Waals surface area (Å²) >= 11 is 0. The second-order valence-electron chi connectivity index (χ2n) is 6.20. The summed E-state index contributed by atoms with van der Waals surface area (Å²) in [7, 11) is 0. The van der Waals surface area contributed by atoms with Gasteiger partial charge in [-0.25, -0.2) is 4.39 Å². The van der Waals surface area contributed by atoms with Crippen LogP contribution in [0.3, 0.4) is 0 Å². The summed E-state index contributed by atoms with van der Waals surface area (Å²) in [5.41, 5.74) is 0.0984. The molecule has 5 nitrogen and oxygen atoms in total. The standard InChI is InChI=1S/C16H22FN3O2/c1-11(2)20-7-8-22-15-4-6-19(10-14(15)20)16(21)12-3-5-18-9-13(12)17/h3,5,9,11,14-15H,4,6-8,10H2,1-2H3/t14-,15-/m1/s1. The van der Waals surface area contributed by atoms with Crippen molar-refractivity contribution in [2.24, 2.45) is 0 Å². The van der Waals surface area contributed by atoms with Crippen molar-refractivity contribution < 1.29 is 13.9 Å². The van der Waals surface area contributed by atoms with Crippen molar-refractivity contribution in [3.05, 3.63) is 29.8 Å². The van der Waals surface area contributed by atoms with Gasteiger partial charge >= 0.3 is 0 Å². The molecule has 0 radical (unpaired) electrons. The summed E-state index contributed by atoms with van der Waals surface area (Å²) in [4.78, 5) is 20.4. The van der Waals surface area contributed by atoms with E-state index >= 15 is 0 Å². The predicted molar refractivity (Wildman–Crippen MR) is 80.1 cm³/mol. The van der Waals surface area contributed by atoms with E-state index in [-0.39, 0.29) is 23.6 Å². The third-order valence-corrected chi connectivity index (χ3v) is 4.58. The van der Waals surface area contributed by atoms with Crippen molar-refractivity contribution in [2.45, 2.75) is 38.5 Å². The molecule has 0 spiro atoms. The predicted octanol–water partition coefficient (Wildman–Crippen LogP) is 1.54. The molecular weight excluding hydrogens is 285 g/mol. The average molecular weight is 307 g/mol. The lowest BCUT2D eigenvalue weighted by Gasteiger charge is -2.48. The van der Waals surface area contributed by atoms with Crippen LogP contribution in [0, 0.1) is 5.82 Å². The van der Waals surface area contributed by atoms with Crippen molar-refractivity contribution in [2.75, 3.05) is 26.2 Å². The van der Waals surface area contributed by atoms with Crippen molar-refractivity contribution in [3.8, 4) is 0 Å². The number of hydrogen-bond donors (Lipinski definition) is 0. The Kier molecular flexibility index (Phi) is 4.40. The van der Waals surface area contributed by atoms with E-state index in [0.717, 1.165) is 25.8 Å². The minimum Gasteiger partial charge on any atom is -0.375 e. The first-order chi connectivity index (χ1) is 10.6. The van der Waals surface area contributed by atoms with E-state index in [1.807, 2.05) is 0 Å². The molecule has 3 heterocycles. The van der Waals surface area contributed by atoms with Gasteiger partial charge in [-0.1, -0.05) is 0 Å². The van der Waals surface area contributed by atoms with Crippen LogP contribution in [0.25, 0.3) is 0 Å². The minimum absolute atomic E-state index is 0.0984.